The van der Waals surface area contributed by atoms with Gasteiger partial charge in [0.25, 0.3) is 0 Å². The molecule has 6 nitrogen and oxygen atoms in total. The van der Waals surface area contributed by atoms with E-state index in [2.05, 4.69) is 52.3 Å². The molecule has 0 aliphatic heterocycles. The quantitative estimate of drug-likeness (QED) is 0.585. The van der Waals surface area contributed by atoms with Crippen LogP contribution in [0.5, 0.6) is 0 Å². The summed E-state index contributed by atoms with van der Waals surface area (Å²) in [6.45, 7) is 7.58. The molecule has 3 aromatic rings. The Morgan fingerprint density at radius 1 is 1.42 bits per heavy atom. The predicted octanol–water partition coefficient (Wildman–Crippen LogP) is 4.15. The fraction of sp³-hybridized carbons (Fsp3) is 0.389. The van der Waals surface area contributed by atoms with E-state index in [4.69, 9.17) is 4.42 Å². The molecule has 1 amide bonds. The SMILES string of the molecule is CCn1c(SCC(=O)NCc2ccco2)nnc1-c1csc(C(C)C)c1. The minimum Gasteiger partial charge on any atom is -0.467 e. The molecule has 3 rings (SSSR count). The maximum atomic E-state index is 12.0. The number of carbonyl (C=O) groups is 1. The third-order valence-corrected chi connectivity index (χ3v) is 6.05. The maximum absolute atomic E-state index is 12.0. The second kappa shape index (κ2) is 8.55. The normalized spacial score (nSPS) is 11.2. The van der Waals surface area contributed by atoms with E-state index in [-0.39, 0.29) is 5.91 Å². The number of thiophene rings is 1. The summed E-state index contributed by atoms with van der Waals surface area (Å²) < 4.78 is 7.26. The largest absolute Gasteiger partial charge is 0.467 e. The van der Waals surface area contributed by atoms with Crippen LogP contribution in [-0.4, -0.2) is 26.4 Å². The molecule has 0 unspecified atom stereocenters. The van der Waals surface area contributed by atoms with Crippen molar-refractivity contribution in [2.45, 2.75) is 44.9 Å². The summed E-state index contributed by atoms with van der Waals surface area (Å²) in [6.07, 6.45) is 1.59. The Kier molecular flexibility index (Phi) is 6.16. The Hall–Kier alpha value is -2.06. The van der Waals surface area contributed by atoms with Crippen LogP contribution in [0.2, 0.25) is 0 Å². The summed E-state index contributed by atoms with van der Waals surface area (Å²) in [5, 5.41) is 14.3. The van der Waals surface area contributed by atoms with Crippen LogP contribution in [0, 0.1) is 0 Å². The standard InChI is InChI=1S/C18H22N4O2S2/c1-4-22-17(13-8-15(12(2)3)25-10-13)20-21-18(22)26-11-16(23)19-9-14-6-5-7-24-14/h5-8,10,12H,4,9,11H2,1-3H3,(H,19,23). The number of nitrogens with one attached hydrogen (secondary N) is 1. The van der Waals surface area contributed by atoms with E-state index in [9.17, 15) is 4.79 Å². The number of nitrogens with zero attached hydrogens (tertiary/aromatic N) is 3. The van der Waals surface area contributed by atoms with Gasteiger partial charge in [-0.1, -0.05) is 25.6 Å². The van der Waals surface area contributed by atoms with Crippen LogP contribution < -0.4 is 5.32 Å². The average Bonchev–Trinajstić information content (AvgIpc) is 3.37. The van der Waals surface area contributed by atoms with E-state index >= 15 is 0 Å². The fourth-order valence-corrected chi connectivity index (χ4v) is 4.18. The predicted molar refractivity (Wildman–Crippen MR) is 104 cm³/mol. The van der Waals surface area contributed by atoms with Gasteiger partial charge >= 0.3 is 0 Å². The van der Waals surface area contributed by atoms with Crippen LogP contribution in [0.3, 0.4) is 0 Å². The summed E-state index contributed by atoms with van der Waals surface area (Å²) in [5.74, 6) is 2.32. The summed E-state index contributed by atoms with van der Waals surface area (Å²) >= 11 is 3.14. The molecule has 0 bridgehead atoms. The summed E-state index contributed by atoms with van der Waals surface area (Å²) in [4.78, 5) is 13.4. The highest BCUT2D eigenvalue weighted by atomic mass is 32.2. The molecule has 3 aromatic heterocycles. The second-order valence-electron chi connectivity index (χ2n) is 6.09. The van der Waals surface area contributed by atoms with Gasteiger partial charge in [-0.2, -0.15) is 0 Å². The number of amides is 1. The Labute approximate surface area is 161 Å². The van der Waals surface area contributed by atoms with Gasteiger partial charge in [0, 0.05) is 22.4 Å². The van der Waals surface area contributed by atoms with Gasteiger partial charge in [-0.05, 0) is 31.0 Å². The van der Waals surface area contributed by atoms with Crippen molar-refractivity contribution in [1.82, 2.24) is 20.1 Å². The van der Waals surface area contributed by atoms with Crippen molar-refractivity contribution in [2.75, 3.05) is 5.75 Å². The number of thioether (sulfide) groups is 1. The molecular formula is C18H22N4O2S2. The molecule has 3 heterocycles. The molecule has 0 fully saturated rings. The summed E-state index contributed by atoms with van der Waals surface area (Å²) in [6, 6.07) is 5.81. The molecule has 138 valence electrons. The maximum Gasteiger partial charge on any atom is 0.230 e. The first-order chi connectivity index (χ1) is 12.6. The Bertz CT molecular complexity index is 853. The lowest BCUT2D eigenvalue weighted by Crippen LogP contribution is -2.24. The molecule has 0 atom stereocenters. The van der Waals surface area contributed by atoms with Gasteiger partial charge in [-0.25, -0.2) is 0 Å². The molecule has 0 spiro atoms. The Morgan fingerprint density at radius 2 is 2.27 bits per heavy atom. The zero-order valence-electron chi connectivity index (χ0n) is 15.1. The second-order valence-corrected chi connectivity index (χ2v) is 7.97. The van der Waals surface area contributed by atoms with Crippen molar-refractivity contribution < 1.29 is 9.21 Å². The third kappa shape index (κ3) is 4.37. The van der Waals surface area contributed by atoms with Gasteiger partial charge in [0.15, 0.2) is 11.0 Å². The summed E-state index contributed by atoms with van der Waals surface area (Å²) in [7, 11) is 0. The number of carbonyl (C=O) groups excluding carboxylic acids is 1. The molecular weight excluding hydrogens is 368 g/mol. The van der Waals surface area contributed by atoms with Gasteiger partial charge in [-0.15, -0.1) is 21.5 Å². The first-order valence-electron chi connectivity index (χ1n) is 8.52. The van der Waals surface area contributed by atoms with Crippen molar-refractivity contribution in [1.29, 1.82) is 0 Å². The van der Waals surface area contributed by atoms with Crippen LogP contribution in [0.4, 0.5) is 0 Å². The molecule has 8 heteroatoms. The first kappa shape index (κ1) is 18.7. The van der Waals surface area contributed by atoms with Crippen LogP contribution in [0.15, 0.2) is 39.4 Å². The lowest BCUT2D eigenvalue weighted by molar-refractivity contribution is -0.118. The number of furan rings is 1. The van der Waals surface area contributed by atoms with E-state index in [1.165, 1.54) is 16.6 Å². The zero-order chi connectivity index (χ0) is 18.5. The molecule has 0 aliphatic carbocycles. The van der Waals surface area contributed by atoms with Crippen LogP contribution in [0.25, 0.3) is 11.4 Å². The van der Waals surface area contributed by atoms with E-state index in [0.717, 1.165) is 28.8 Å². The zero-order valence-corrected chi connectivity index (χ0v) is 16.7. The lowest BCUT2D eigenvalue weighted by Gasteiger charge is -2.06. The van der Waals surface area contributed by atoms with Gasteiger partial charge in [0.1, 0.15) is 5.76 Å². The van der Waals surface area contributed by atoms with E-state index in [1.807, 2.05) is 6.07 Å². The smallest absolute Gasteiger partial charge is 0.230 e. The number of hydrogen-bond acceptors (Lipinski definition) is 6. The van der Waals surface area contributed by atoms with Gasteiger partial charge < -0.3 is 14.3 Å². The minimum atomic E-state index is -0.0590. The van der Waals surface area contributed by atoms with E-state index in [0.29, 0.717) is 18.2 Å². The van der Waals surface area contributed by atoms with Gasteiger partial charge in [0.05, 0.1) is 18.6 Å². The molecule has 0 radical (unpaired) electrons. The highest BCUT2D eigenvalue weighted by Crippen LogP contribution is 2.30. The number of hydrogen-bond donors (Lipinski definition) is 1. The highest BCUT2D eigenvalue weighted by Gasteiger charge is 2.16. The molecule has 0 aromatic carbocycles. The van der Waals surface area contributed by atoms with E-state index < -0.39 is 0 Å². The number of aromatic nitrogens is 3. The van der Waals surface area contributed by atoms with Crippen molar-refractivity contribution in [3.63, 3.8) is 0 Å². The highest BCUT2D eigenvalue weighted by molar-refractivity contribution is 7.99. The molecule has 1 N–H and O–H groups in total. The Morgan fingerprint density at radius 3 is 2.92 bits per heavy atom. The van der Waals surface area contributed by atoms with Gasteiger partial charge in [-0.3, -0.25) is 4.79 Å². The van der Waals surface area contributed by atoms with Crippen LogP contribution >= 0.6 is 23.1 Å². The number of rotatable bonds is 8. The molecule has 26 heavy (non-hydrogen) atoms. The fourth-order valence-electron chi connectivity index (χ4n) is 2.45. The lowest BCUT2D eigenvalue weighted by atomic mass is 10.1. The monoisotopic (exact) mass is 390 g/mol. The summed E-state index contributed by atoms with van der Waals surface area (Å²) in [5.41, 5.74) is 1.09. The van der Waals surface area contributed by atoms with Crippen molar-refractivity contribution in [3.8, 4) is 11.4 Å². The Balaban J connectivity index is 1.63. The van der Waals surface area contributed by atoms with Gasteiger partial charge in [0.2, 0.25) is 5.91 Å². The molecule has 0 saturated heterocycles. The third-order valence-electron chi connectivity index (χ3n) is 3.85. The average molecular weight is 391 g/mol. The van der Waals surface area contributed by atoms with Crippen molar-refractivity contribution in [2.24, 2.45) is 0 Å². The van der Waals surface area contributed by atoms with Crippen LogP contribution in [-0.2, 0) is 17.9 Å². The first-order valence-corrected chi connectivity index (χ1v) is 10.4. The molecule has 0 aliphatic rings. The van der Waals surface area contributed by atoms with E-state index in [1.54, 1.807) is 23.7 Å². The van der Waals surface area contributed by atoms with Crippen molar-refractivity contribution in [3.05, 3.63) is 40.5 Å². The minimum absolute atomic E-state index is 0.0590. The van der Waals surface area contributed by atoms with Crippen LogP contribution in [0.1, 0.15) is 37.3 Å². The van der Waals surface area contributed by atoms with Crippen molar-refractivity contribution >= 4 is 29.0 Å². The molecule has 0 saturated carbocycles. The topological polar surface area (TPSA) is 73.0 Å².